The summed E-state index contributed by atoms with van der Waals surface area (Å²) in [4.78, 5) is 21.2. The lowest BCUT2D eigenvalue weighted by Crippen LogP contribution is -2.32. The Bertz CT molecular complexity index is 697. The number of hydrogen-bond acceptors (Lipinski definition) is 6. The summed E-state index contributed by atoms with van der Waals surface area (Å²) in [6, 6.07) is 3.52. The number of carbonyl (C=O) groups is 1. The van der Waals surface area contributed by atoms with Crippen LogP contribution < -0.4 is 5.73 Å². The first-order valence-electron chi connectivity index (χ1n) is 6.03. The van der Waals surface area contributed by atoms with Crippen LogP contribution in [0.1, 0.15) is 11.3 Å². The van der Waals surface area contributed by atoms with Crippen LogP contribution in [0.2, 0.25) is 0 Å². The summed E-state index contributed by atoms with van der Waals surface area (Å²) in [7, 11) is 0. The van der Waals surface area contributed by atoms with E-state index in [-0.39, 0.29) is 17.8 Å². The second-order valence-electron chi connectivity index (χ2n) is 4.55. The number of nitrogens with zero attached hydrogens (tertiary/aromatic N) is 4. The summed E-state index contributed by atoms with van der Waals surface area (Å²) in [5.41, 5.74) is 6.75. The van der Waals surface area contributed by atoms with E-state index in [1.807, 2.05) is 0 Å². The molecule has 1 aromatic heterocycles. The molecule has 9 nitrogen and oxygen atoms in total. The largest absolute Gasteiger partial charge is 0.480 e. The number of aliphatic carboxylic acids is 1. The number of hydrogen-bond donors (Lipinski definition) is 2. The molecule has 0 saturated heterocycles. The first-order valence-corrected chi connectivity index (χ1v) is 6.03. The molecule has 0 bridgehead atoms. The van der Waals surface area contributed by atoms with Gasteiger partial charge in [-0.25, -0.2) is 4.68 Å². The number of aryl methyl sites for hydroxylation is 1. The quantitative estimate of drug-likeness (QED) is 0.602. The Labute approximate surface area is 119 Å². The van der Waals surface area contributed by atoms with E-state index < -0.39 is 16.9 Å². The predicted molar refractivity (Wildman–Crippen MR) is 72.1 cm³/mol. The van der Waals surface area contributed by atoms with E-state index >= 15 is 0 Å². The predicted octanol–water partition coefficient (Wildman–Crippen LogP) is 0.438. The molecule has 0 fully saturated rings. The fourth-order valence-electron chi connectivity index (χ4n) is 1.79. The highest BCUT2D eigenvalue weighted by molar-refractivity contribution is 5.73. The normalized spacial score (nSPS) is 12.1. The minimum Gasteiger partial charge on any atom is -0.480 e. The molecule has 0 amide bonds. The Balaban J connectivity index is 2.35. The number of nitro benzene ring substituents is 1. The molecule has 0 aliphatic heterocycles. The maximum atomic E-state index is 11.0. The highest BCUT2D eigenvalue weighted by atomic mass is 16.6. The van der Waals surface area contributed by atoms with Crippen molar-refractivity contribution in [2.45, 2.75) is 19.4 Å². The van der Waals surface area contributed by atoms with Gasteiger partial charge in [-0.15, -0.1) is 5.10 Å². The van der Waals surface area contributed by atoms with E-state index in [1.165, 1.54) is 16.9 Å². The van der Waals surface area contributed by atoms with E-state index in [0.717, 1.165) is 5.56 Å². The Morgan fingerprint density at radius 3 is 2.90 bits per heavy atom. The summed E-state index contributed by atoms with van der Waals surface area (Å²) >= 11 is 0. The third-order valence-corrected chi connectivity index (χ3v) is 2.86. The van der Waals surface area contributed by atoms with Crippen LogP contribution in [0.15, 0.2) is 24.4 Å². The maximum absolute atomic E-state index is 11.0. The van der Waals surface area contributed by atoms with E-state index in [9.17, 15) is 14.9 Å². The average molecular weight is 291 g/mol. The lowest BCUT2D eigenvalue weighted by Gasteiger charge is -2.03. The van der Waals surface area contributed by atoms with Crippen LogP contribution in [0.5, 0.6) is 0 Å². The van der Waals surface area contributed by atoms with Gasteiger partial charge in [-0.05, 0) is 18.6 Å². The van der Waals surface area contributed by atoms with Crippen LogP contribution in [0.25, 0.3) is 5.69 Å². The lowest BCUT2D eigenvalue weighted by molar-refractivity contribution is -0.384. The minimum absolute atomic E-state index is 0.00501. The first-order chi connectivity index (χ1) is 9.88. The lowest BCUT2D eigenvalue weighted by atomic mass is 10.2. The van der Waals surface area contributed by atoms with Crippen molar-refractivity contribution in [1.29, 1.82) is 0 Å². The Kier molecular flexibility index (Phi) is 3.94. The zero-order valence-electron chi connectivity index (χ0n) is 11.1. The van der Waals surface area contributed by atoms with E-state index in [0.29, 0.717) is 5.69 Å². The molecule has 0 aliphatic carbocycles. The molecule has 1 atom stereocenters. The molecule has 0 aliphatic rings. The maximum Gasteiger partial charge on any atom is 0.320 e. The topological polar surface area (TPSA) is 137 Å². The van der Waals surface area contributed by atoms with Gasteiger partial charge < -0.3 is 10.8 Å². The number of aromatic nitrogens is 3. The fourth-order valence-corrected chi connectivity index (χ4v) is 1.79. The van der Waals surface area contributed by atoms with Crippen LogP contribution in [0, 0.1) is 17.0 Å². The molecule has 21 heavy (non-hydrogen) atoms. The third-order valence-electron chi connectivity index (χ3n) is 2.86. The fraction of sp³-hybridized carbons (Fsp3) is 0.250. The first kappa shape index (κ1) is 14.6. The van der Waals surface area contributed by atoms with E-state index in [2.05, 4.69) is 10.3 Å². The number of nitro groups is 1. The summed E-state index contributed by atoms with van der Waals surface area (Å²) in [6.45, 7) is 1.80. The summed E-state index contributed by atoms with van der Waals surface area (Å²) in [6.07, 6.45) is 1.43. The number of nitrogens with two attached hydrogens (primary N) is 1. The summed E-state index contributed by atoms with van der Waals surface area (Å²) in [5, 5.41) is 27.4. The van der Waals surface area contributed by atoms with Gasteiger partial charge in [-0.3, -0.25) is 14.9 Å². The van der Waals surface area contributed by atoms with Gasteiger partial charge in [0.2, 0.25) is 0 Å². The number of carboxylic acids is 1. The average Bonchev–Trinajstić information content (AvgIpc) is 2.86. The van der Waals surface area contributed by atoms with Crippen molar-refractivity contribution in [1.82, 2.24) is 15.0 Å². The molecule has 9 heteroatoms. The van der Waals surface area contributed by atoms with Crippen LogP contribution in [-0.4, -0.2) is 37.0 Å². The molecule has 0 radical (unpaired) electrons. The van der Waals surface area contributed by atoms with Gasteiger partial charge in [0.1, 0.15) is 11.7 Å². The van der Waals surface area contributed by atoms with Gasteiger partial charge in [0.15, 0.2) is 0 Å². The standard InChI is InChI=1S/C12H13N5O4/c1-7-2-3-10(17(20)21)11(4-7)16-6-8(14-15-16)5-9(13)12(18)19/h2-4,6,9H,5,13H2,1H3,(H,18,19). The van der Waals surface area contributed by atoms with Gasteiger partial charge in [0, 0.05) is 12.5 Å². The molecule has 0 saturated carbocycles. The van der Waals surface area contributed by atoms with Gasteiger partial charge in [-0.2, -0.15) is 0 Å². The highest BCUT2D eigenvalue weighted by Gasteiger charge is 2.19. The van der Waals surface area contributed by atoms with Gasteiger partial charge >= 0.3 is 5.97 Å². The van der Waals surface area contributed by atoms with Crippen molar-refractivity contribution in [3.05, 3.63) is 45.8 Å². The number of rotatable bonds is 5. The number of carboxylic acid groups (broad SMARTS) is 1. The van der Waals surface area contributed by atoms with Crippen LogP contribution in [-0.2, 0) is 11.2 Å². The van der Waals surface area contributed by atoms with Crippen molar-refractivity contribution >= 4 is 11.7 Å². The highest BCUT2D eigenvalue weighted by Crippen LogP contribution is 2.23. The molecule has 0 spiro atoms. The zero-order valence-corrected chi connectivity index (χ0v) is 11.1. The van der Waals surface area contributed by atoms with Crippen molar-refractivity contribution in [2.24, 2.45) is 5.73 Å². The molecule has 3 N–H and O–H groups in total. The second kappa shape index (κ2) is 5.67. The Morgan fingerprint density at radius 2 is 2.29 bits per heavy atom. The number of benzene rings is 1. The second-order valence-corrected chi connectivity index (χ2v) is 4.55. The SMILES string of the molecule is Cc1ccc([N+](=O)[O-])c(-n2cc(CC(N)C(=O)O)nn2)c1. The minimum atomic E-state index is -1.15. The smallest absolute Gasteiger partial charge is 0.320 e. The molecule has 110 valence electrons. The van der Waals surface area contributed by atoms with Crippen molar-refractivity contribution in [3.63, 3.8) is 0 Å². The van der Waals surface area contributed by atoms with Gasteiger partial charge in [-0.1, -0.05) is 11.3 Å². The third kappa shape index (κ3) is 3.20. The van der Waals surface area contributed by atoms with Gasteiger partial charge in [0.25, 0.3) is 5.69 Å². The molecule has 2 aromatic rings. The Hall–Kier alpha value is -2.81. The van der Waals surface area contributed by atoms with Crippen molar-refractivity contribution in [3.8, 4) is 5.69 Å². The molecule has 2 rings (SSSR count). The van der Waals surface area contributed by atoms with Crippen molar-refractivity contribution < 1.29 is 14.8 Å². The zero-order chi connectivity index (χ0) is 15.6. The van der Waals surface area contributed by atoms with E-state index in [4.69, 9.17) is 10.8 Å². The molecular weight excluding hydrogens is 278 g/mol. The van der Waals surface area contributed by atoms with Gasteiger partial charge in [0.05, 0.1) is 16.8 Å². The summed E-state index contributed by atoms with van der Waals surface area (Å²) < 4.78 is 1.25. The van der Waals surface area contributed by atoms with Crippen molar-refractivity contribution in [2.75, 3.05) is 0 Å². The molecule has 1 heterocycles. The Morgan fingerprint density at radius 1 is 1.57 bits per heavy atom. The molecule has 1 aromatic carbocycles. The molecular formula is C12H13N5O4. The van der Waals surface area contributed by atoms with Crippen LogP contribution >= 0.6 is 0 Å². The van der Waals surface area contributed by atoms with E-state index in [1.54, 1.807) is 19.1 Å². The monoisotopic (exact) mass is 291 g/mol. The molecule has 1 unspecified atom stereocenters. The van der Waals surface area contributed by atoms with Crippen LogP contribution in [0.4, 0.5) is 5.69 Å². The summed E-state index contributed by atoms with van der Waals surface area (Å²) in [5.74, 6) is -1.15. The van der Waals surface area contributed by atoms with Crippen LogP contribution in [0.3, 0.4) is 0 Å².